The van der Waals surface area contributed by atoms with Gasteiger partial charge in [0.2, 0.25) is 0 Å². The van der Waals surface area contributed by atoms with E-state index in [1.165, 1.54) is 24.1 Å². The monoisotopic (exact) mass is 184 g/mol. The zero-order chi connectivity index (χ0) is 8.55. The van der Waals surface area contributed by atoms with Crippen molar-refractivity contribution in [3.05, 3.63) is 16.4 Å². The van der Waals surface area contributed by atoms with E-state index < -0.39 is 0 Å². The lowest BCUT2D eigenvalue weighted by atomic mass is 9.99. The Morgan fingerprint density at radius 3 is 2.83 bits per heavy atom. The highest BCUT2D eigenvalue weighted by atomic mass is 35.5. The molecule has 0 unspecified atom stereocenters. The lowest BCUT2D eigenvalue weighted by Gasteiger charge is -2.07. The first-order valence-electron chi connectivity index (χ1n) is 4.57. The molecule has 0 N–H and O–H groups in total. The van der Waals surface area contributed by atoms with Crippen molar-refractivity contribution >= 4 is 11.6 Å². The summed E-state index contributed by atoms with van der Waals surface area (Å²) < 4.78 is 1.90. The van der Waals surface area contributed by atoms with Crippen LogP contribution in [0, 0.1) is 0 Å². The van der Waals surface area contributed by atoms with Crippen molar-refractivity contribution in [3.8, 4) is 0 Å². The molecule has 2 rings (SSSR count). The fourth-order valence-corrected chi connectivity index (χ4v) is 2.14. The molecule has 0 fully saturated rings. The van der Waals surface area contributed by atoms with Gasteiger partial charge in [-0.15, -0.1) is 0 Å². The van der Waals surface area contributed by atoms with Gasteiger partial charge in [0, 0.05) is 12.1 Å². The molecule has 0 bridgehead atoms. The van der Waals surface area contributed by atoms with Gasteiger partial charge in [-0.1, -0.05) is 11.6 Å². The average Bonchev–Trinajstić information content (AvgIpc) is 2.44. The topological polar surface area (TPSA) is 17.8 Å². The SMILES string of the molecule is CCn1nc2c(c1Cl)CCCC2. The molecule has 3 heteroatoms. The highest BCUT2D eigenvalue weighted by Gasteiger charge is 2.17. The van der Waals surface area contributed by atoms with Gasteiger partial charge in [-0.05, 0) is 32.6 Å². The van der Waals surface area contributed by atoms with Gasteiger partial charge in [0.25, 0.3) is 0 Å². The largest absolute Gasteiger partial charge is 0.254 e. The number of rotatable bonds is 1. The van der Waals surface area contributed by atoms with Crippen LogP contribution in [0.15, 0.2) is 0 Å². The number of hydrogen-bond acceptors (Lipinski definition) is 1. The van der Waals surface area contributed by atoms with E-state index in [4.69, 9.17) is 11.6 Å². The van der Waals surface area contributed by atoms with E-state index in [2.05, 4.69) is 12.0 Å². The van der Waals surface area contributed by atoms with E-state index in [1.54, 1.807) is 0 Å². The van der Waals surface area contributed by atoms with Gasteiger partial charge in [0.1, 0.15) is 5.15 Å². The summed E-state index contributed by atoms with van der Waals surface area (Å²) >= 11 is 6.14. The summed E-state index contributed by atoms with van der Waals surface area (Å²) in [7, 11) is 0. The van der Waals surface area contributed by atoms with Crippen LogP contribution in [-0.2, 0) is 19.4 Å². The van der Waals surface area contributed by atoms with Crippen LogP contribution in [0.1, 0.15) is 31.0 Å². The van der Waals surface area contributed by atoms with Crippen LogP contribution in [0.2, 0.25) is 5.15 Å². The predicted octanol–water partition coefficient (Wildman–Crippen LogP) is 2.44. The summed E-state index contributed by atoms with van der Waals surface area (Å²) in [4.78, 5) is 0. The molecule has 66 valence electrons. The van der Waals surface area contributed by atoms with Crippen LogP contribution < -0.4 is 0 Å². The van der Waals surface area contributed by atoms with E-state index in [-0.39, 0.29) is 0 Å². The second kappa shape index (κ2) is 3.09. The second-order valence-electron chi connectivity index (χ2n) is 3.24. The fourth-order valence-electron chi connectivity index (χ4n) is 1.78. The quantitative estimate of drug-likeness (QED) is 0.656. The minimum absolute atomic E-state index is 0.868. The minimum Gasteiger partial charge on any atom is -0.254 e. The van der Waals surface area contributed by atoms with E-state index in [1.807, 2.05) is 4.68 Å². The summed E-state index contributed by atoms with van der Waals surface area (Å²) in [5.74, 6) is 0. The van der Waals surface area contributed by atoms with Crippen molar-refractivity contribution in [1.29, 1.82) is 0 Å². The Bertz CT molecular complexity index is 291. The van der Waals surface area contributed by atoms with Gasteiger partial charge in [-0.2, -0.15) is 5.10 Å². The molecule has 0 aromatic carbocycles. The molecule has 0 amide bonds. The average molecular weight is 185 g/mol. The number of halogens is 1. The molecule has 0 saturated carbocycles. The Balaban J connectivity index is 2.44. The Morgan fingerprint density at radius 1 is 1.42 bits per heavy atom. The highest BCUT2D eigenvalue weighted by Crippen LogP contribution is 2.27. The summed E-state index contributed by atoms with van der Waals surface area (Å²) in [6, 6.07) is 0. The zero-order valence-corrected chi connectivity index (χ0v) is 8.06. The van der Waals surface area contributed by atoms with E-state index in [0.717, 1.165) is 24.5 Å². The van der Waals surface area contributed by atoms with Crippen molar-refractivity contribution in [2.24, 2.45) is 0 Å². The number of hydrogen-bond donors (Lipinski definition) is 0. The number of nitrogens with zero attached hydrogens (tertiary/aromatic N) is 2. The number of aromatic nitrogens is 2. The molecule has 1 aliphatic carbocycles. The van der Waals surface area contributed by atoms with Gasteiger partial charge in [-0.3, -0.25) is 4.68 Å². The first kappa shape index (κ1) is 8.11. The maximum Gasteiger partial charge on any atom is 0.130 e. The lowest BCUT2D eigenvalue weighted by molar-refractivity contribution is 0.632. The van der Waals surface area contributed by atoms with E-state index in [9.17, 15) is 0 Å². The normalized spacial score (nSPS) is 16.2. The van der Waals surface area contributed by atoms with Gasteiger partial charge in [0.05, 0.1) is 5.69 Å². The van der Waals surface area contributed by atoms with Crippen LogP contribution in [0.25, 0.3) is 0 Å². The Morgan fingerprint density at radius 2 is 2.17 bits per heavy atom. The first-order valence-corrected chi connectivity index (χ1v) is 4.94. The molecule has 2 nitrogen and oxygen atoms in total. The van der Waals surface area contributed by atoms with Crippen LogP contribution in [0.3, 0.4) is 0 Å². The van der Waals surface area contributed by atoms with Gasteiger partial charge >= 0.3 is 0 Å². The van der Waals surface area contributed by atoms with E-state index in [0.29, 0.717) is 0 Å². The molecule has 0 aliphatic heterocycles. The summed E-state index contributed by atoms with van der Waals surface area (Å²) in [5.41, 5.74) is 2.53. The van der Waals surface area contributed by atoms with Crippen LogP contribution in [-0.4, -0.2) is 9.78 Å². The Labute approximate surface area is 77.5 Å². The molecule has 0 atom stereocenters. The first-order chi connectivity index (χ1) is 5.83. The summed E-state index contributed by atoms with van der Waals surface area (Å²) in [6.07, 6.45) is 4.77. The van der Waals surface area contributed by atoms with Crippen LogP contribution >= 0.6 is 11.6 Å². The Hall–Kier alpha value is -0.500. The molecule has 0 radical (unpaired) electrons. The molecule has 1 aliphatic rings. The Kier molecular flexibility index (Phi) is 2.09. The van der Waals surface area contributed by atoms with Crippen LogP contribution in [0.5, 0.6) is 0 Å². The van der Waals surface area contributed by atoms with Crippen LogP contribution in [0.4, 0.5) is 0 Å². The number of aryl methyl sites for hydroxylation is 2. The molecular formula is C9H13ClN2. The molecule has 1 aromatic rings. The predicted molar refractivity (Wildman–Crippen MR) is 49.6 cm³/mol. The third kappa shape index (κ3) is 1.14. The minimum atomic E-state index is 0.868. The van der Waals surface area contributed by atoms with Crippen molar-refractivity contribution in [1.82, 2.24) is 9.78 Å². The molecule has 1 heterocycles. The highest BCUT2D eigenvalue weighted by molar-refractivity contribution is 6.30. The smallest absolute Gasteiger partial charge is 0.130 e. The standard InChI is InChI=1S/C9H13ClN2/c1-2-12-9(10)7-5-3-4-6-8(7)11-12/h2-6H2,1H3. The summed E-state index contributed by atoms with van der Waals surface area (Å²) in [6.45, 7) is 2.95. The van der Waals surface area contributed by atoms with Gasteiger partial charge in [0.15, 0.2) is 0 Å². The van der Waals surface area contributed by atoms with Crippen molar-refractivity contribution in [2.75, 3.05) is 0 Å². The molecule has 1 aromatic heterocycles. The van der Waals surface area contributed by atoms with Crippen molar-refractivity contribution in [2.45, 2.75) is 39.2 Å². The maximum absolute atomic E-state index is 6.14. The second-order valence-corrected chi connectivity index (χ2v) is 3.60. The molecule has 0 saturated heterocycles. The maximum atomic E-state index is 6.14. The third-order valence-electron chi connectivity index (χ3n) is 2.46. The van der Waals surface area contributed by atoms with Crippen molar-refractivity contribution < 1.29 is 0 Å². The third-order valence-corrected chi connectivity index (χ3v) is 2.88. The lowest BCUT2D eigenvalue weighted by Crippen LogP contribution is -2.00. The molecule has 0 spiro atoms. The molecule has 12 heavy (non-hydrogen) atoms. The van der Waals surface area contributed by atoms with Gasteiger partial charge < -0.3 is 0 Å². The summed E-state index contributed by atoms with van der Waals surface area (Å²) in [5, 5.41) is 5.32. The molecular weight excluding hydrogens is 172 g/mol. The van der Waals surface area contributed by atoms with Crippen molar-refractivity contribution in [3.63, 3.8) is 0 Å². The van der Waals surface area contributed by atoms with E-state index >= 15 is 0 Å². The fraction of sp³-hybridized carbons (Fsp3) is 0.667. The number of fused-ring (bicyclic) bond motifs is 1. The zero-order valence-electron chi connectivity index (χ0n) is 7.31. The van der Waals surface area contributed by atoms with Gasteiger partial charge in [-0.25, -0.2) is 0 Å².